The van der Waals surface area contributed by atoms with Gasteiger partial charge in [0.15, 0.2) is 0 Å². The molecule has 3 rings (SSSR count). The summed E-state index contributed by atoms with van der Waals surface area (Å²) in [4.78, 5) is 31.5. The van der Waals surface area contributed by atoms with Gasteiger partial charge in [-0.15, -0.1) is 0 Å². The number of aromatic nitrogens is 1. The molecular formula is C16H21N3O3. The maximum absolute atomic E-state index is 12.0. The molecule has 3 heterocycles. The van der Waals surface area contributed by atoms with Gasteiger partial charge in [-0.25, -0.2) is 0 Å². The minimum Gasteiger partial charge on any atom is -0.481 e. The summed E-state index contributed by atoms with van der Waals surface area (Å²) >= 11 is 0. The van der Waals surface area contributed by atoms with E-state index in [4.69, 9.17) is 0 Å². The molecule has 0 aromatic carbocycles. The summed E-state index contributed by atoms with van der Waals surface area (Å²) in [6.07, 6.45) is 5.14. The third-order valence-electron chi connectivity index (χ3n) is 5.25. The third-order valence-corrected chi connectivity index (χ3v) is 5.25. The van der Waals surface area contributed by atoms with Crippen molar-refractivity contribution in [3.05, 3.63) is 30.1 Å². The van der Waals surface area contributed by atoms with Gasteiger partial charge in [0.05, 0.1) is 11.5 Å². The van der Waals surface area contributed by atoms with E-state index in [1.54, 1.807) is 24.3 Å². The number of carboxylic acid groups (broad SMARTS) is 1. The first-order valence-corrected chi connectivity index (χ1v) is 7.64. The van der Waals surface area contributed by atoms with Crippen molar-refractivity contribution in [3.8, 4) is 0 Å². The van der Waals surface area contributed by atoms with Crippen molar-refractivity contribution in [2.24, 2.45) is 5.92 Å². The Labute approximate surface area is 129 Å². The molecule has 22 heavy (non-hydrogen) atoms. The maximum atomic E-state index is 12.0. The zero-order chi connectivity index (χ0) is 15.7. The largest absolute Gasteiger partial charge is 0.481 e. The number of piperidine rings is 1. The second kappa shape index (κ2) is 5.68. The minimum absolute atomic E-state index is 0.0463. The quantitative estimate of drug-likeness (QED) is 0.901. The maximum Gasteiger partial charge on any atom is 0.309 e. The summed E-state index contributed by atoms with van der Waals surface area (Å²) in [5.74, 6) is -1.47. The van der Waals surface area contributed by atoms with Gasteiger partial charge < -0.3 is 10.0 Å². The monoisotopic (exact) mass is 303 g/mol. The van der Waals surface area contributed by atoms with E-state index < -0.39 is 17.4 Å². The van der Waals surface area contributed by atoms with Crippen LogP contribution >= 0.6 is 0 Å². The highest BCUT2D eigenvalue weighted by molar-refractivity contribution is 5.88. The summed E-state index contributed by atoms with van der Waals surface area (Å²) in [5.41, 5.74) is 0.703. The average Bonchev–Trinajstić information content (AvgIpc) is 2.76. The van der Waals surface area contributed by atoms with E-state index in [1.807, 2.05) is 12.1 Å². The first-order valence-electron chi connectivity index (χ1n) is 7.64. The number of hydrogen-bond donors (Lipinski definition) is 1. The molecule has 1 N–H and O–H groups in total. The SMILES string of the molecule is CN1C(=O)CC(C(=O)O)C12CCN(Cc1ccncc1)CC2. The Balaban J connectivity index is 1.69. The van der Waals surface area contributed by atoms with Gasteiger partial charge >= 0.3 is 5.97 Å². The predicted octanol–water partition coefficient (Wildman–Crippen LogP) is 0.979. The molecule has 1 unspecified atom stereocenters. The van der Waals surface area contributed by atoms with E-state index in [9.17, 15) is 14.7 Å². The van der Waals surface area contributed by atoms with Crippen molar-refractivity contribution in [2.45, 2.75) is 31.3 Å². The van der Waals surface area contributed by atoms with Crippen LogP contribution in [0.25, 0.3) is 0 Å². The van der Waals surface area contributed by atoms with Crippen molar-refractivity contribution < 1.29 is 14.7 Å². The zero-order valence-corrected chi connectivity index (χ0v) is 12.7. The first-order chi connectivity index (χ1) is 10.5. The van der Waals surface area contributed by atoms with E-state index in [0.717, 1.165) is 32.5 Å². The summed E-state index contributed by atoms with van der Waals surface area (Å²) in [7, 11) is 1.75. The molecule has 0 saturated carbocycles. The van der Waals surface area contributed by atoms with Crippen molar-refractivity contribution in [1.29, 1.82) is 0 Å². The van der Waals surface area contributed by atoms with E-state index in [1.165, 1.54) is 5.56 Å². The van der Waals surface area contributed by atoms with E-state index in [-0.39, 0.29) is 12.3 Å². The summed E-state index contributed by atoms with van der Waals surface area (Å²) in [5, 5.41) is 9.47. The highest BCUT2D eigenvalue weighted by Crippen LogP contribution is 2.42. The molecule has 2 saturated heterocycles. The number of carboxylic acids is 1. The Bertz CT molecular complexity index is 567. The lowest BCUT2D eigenvalue weighted by molar-refractivity contribution is -0.146. The molecule has 6 heteroatoms. The molecule has 0 radical (unpaired) electrons. The van der Waals surface area contributed by atoms with Crippen molar-refractivity contribution >= 4 is 11.9 Å². The number of carbonyl (C=O) groups excluding carboxylic acids is 1. The van der Waals surface area contributed by atoms with Crippen LogP contribution in [-0.4, -0.2) is 57.4 Å². The Morgan fingerprint density at radius 2 is 2.00 bits per heavy atom. The third kappa shape index (κ3) is 2.47. The minimum atomic E-state index is -0.847. The number of amides is 1. The Hall–Kier alpha value is -1.95. The van der Waals surface area contributed by atoms with Crippen LogP contribution in [0.3, 0.4) is 0 Å². The number of rotatable bonds is 3. The van der Waals surface area contributed by atoms with Crippen LogP contribution in [0.5, 0.6) is 0 Å². The van der Waals surface area contributed by atoms with Crippen LogP contribution in [0.1, 0.15) is 24.8 Å². The fraction of sp³-hybridized carbons (Fsp3) is 0.562. The Morgan fingerprint density at radius 3 is 2.59 bits per heavy atom. The van der Waals surface area contributed by atoms with E-state index in [2.05, 4.69) is 9.88 Å². The summed E-state index contributed by atoms with van der Waals surface area (Å²) in [6.45, 7) is 2.46. The molecule has 2 aliphatic rings. The molecule has 2 aliphatic heterocycles. The van der Waals surface area contributed by atoms with Gasteiger partial charge in [-0.1, -0.05) is 0 Å². The van der Waals surface area contributed by atoms with E-state index >= 15 is 0 Å². The van der Waals surface area contributed by atoms with Gasteiger partial charge in [0.1, 0.15) is 0 Å². The number of nitrogens with zero attached hydrogens (tertiary/aromatic N) is 3. The van der Waals surface area contributed by atoms with Gasteiger partial charge in [-0.2, -0.15) is 0 Å². The topological polar surface area (TPSA) is 73.7 Å². The van der Waals surface area contributed by atoms with Crippen molar-refractivity contribution in [2.75, 3.05) is 20.1 Å². The lowest BCUT2D eigenvalue weighted by Gasteiger charge is -2.45. The number of hydrogen-bond acceptors (Lipinski definition) is 4. The van der Waals surface area contributed by atoms with Crippen LogP contribution in [0.2, 0.25) is 0 Å². The van der Waals surface area contributed by atoms with Gasteiger partial charge in [0.25, 0.3) is 0 Å². The van der Waals surface area contributed by atoms with Crippen LogP contribution in [0, 0.1) is 5.92 Å². The number of pyridine rings is 1. The molecule has 1 aromatic heterocycles. The highest BCUT2D eigenvalue weighted by atomic mass is 16.4. The molecule has 2 fully saturated rings. The number of aliphatic carboxylic acids is 1. The molecule has 0 bridgehead atoms. The van der Waals surface area contributed by atoms with Gasteiger partial charge in [0, 0.05) is 45.5 Å². The van der Waals surface area contributed by atoms with Crippen LogP contribution in [0.15, 0.2) is 24.5 Å². The fourth-order valence-corrected chi connectivity index (χ4v) is 3.83. The van der Waals surface area contributed by atoms with Crippen LogP contribution in [0.4, 0.5) is 0 Å². The molecule has 0 aliphatic carbocycles. The van der Waals surface area contributed by atoms with Gasteiger partial charge in [-0.05, 0) is 30.5 Å². The first kappa shape index (κ1) is 15.0. The van der Waals surface area contributed by atoms with Crippen molar-refractivity contribution in [1.82, 2.24) is 14.8 Å². The van der Waals surface area contributed by atoms with Crippen LogP contribution < -0.4 is 0 Å². The Morgan fingerprint density at radius 1 is 1.36 bits per heavy atom. The molecule has 6 nitrogen and oxygen atoms in total. The molecule has 1 amide bonds. The Kier molecular flexibility index (Phi) is 3.87. The normalized spacial score (nSPS) is 24.9. The smallest absolute Gasteiger partial charge is 0.309 e. The second-order valence-corrected chi connectivity index (χ2v) is 6.28. The molecule has 118 valence electrons. The van der Waals surface area contributed by atoms with E-state index in [0.29, 0.717) is 0 Å². The molecule has 1 aromatic rings. The average molecular weight is 303 g/mol. The lowest BCUT2D eigenvalue weighted by atomic mass is 9.77. The fourth-order valence-electron chi connectivity index (χ4n) is 3.83. The standard InChI is InChI=1S/C16H21N3O3/c1-18-14(20)10-13(15(21)22)16(18)4-8-19(9-5-16)11-12-2-6-17-7-3-12/h2-3,6-7,13H,4-5,8-11H2,1H3,(H,21,22). The summed E-state index contributed by atoms with van der Waals surface area (Å²) in [6, 6.07) is 3.99. The predicted molar refractivity (Wildman–Crippen MR) is 80.0 cm³/mol. The highest BCUT2D eigenvalue weighted by Gasteiger charge is 2.55. The number of likely N-dealkylation sites (tertiary alicyclic amines) is 2. The number of carbonyl (C=O) groups is 2. The molecule has 1 atom stereocenters. The van der Waals surface area contributed by atoms with Gasteiger partial charge in [0.2, 0.25) is 5.91 Å². The van der Waals surface area contributed by atoms with Gasteiger partial charge in [-0.3, -0.25) is 19.5 Å². The second-order valence-electron chi connectivity index (χ2n) is 6.28. The summed E-state index contributed by atoms with van der Waals surface area (Å²) < 4.78 is 0. The molecular weight excluding hydrogens is 282 g/mol. The lowest BCUT2D eigenvalue weighted by Crippen LogP contribution is -2.55. The van der Waals surface area contributed by atoms with Crippen LogP contribution in [-0.2, 0) is 16.1 Å². The molecule has 1 spiro atoms. The van der Waals surface area contributed by atoms with Crippen molar-refractivity contribution in [3.63, 3.8) is 0 Å². The zero-order valence-electron chi connectivity index (χ0n) is 12.7.